The number of fused-ring (bicyclic) bond motifs is 2. The predicted molar refractivity (Wildman–Crippen MR) is 243 cm³/mol. The molecule has 342 valence electrons. The van der Waals surface area contributed by atoms with E-state index in [-0.39, 0.29) is 61.2 Å². The molecule has 3 saturated heterocycles. The predicted octanol–water partition coefficient (Wildman–Crippen LogP) is 9.23. The highest BCUT2D eigenvalue weighted by Gasteiger charge is 2.56. The van der Waals surface area contributed by atoms with Gasteiger partial charge in [0.25, 0.3) is 5.91 Å². The minimum atomic E-state index is -5.25. The summed E-state index contributed by atoms with van der Waals surface area (Å²) in [5.41, 5.74) is -5.00. The first-order valence-corrected chi connectivity index (χ1v) is 25.9. The number of carbonyl (C=O) groups excluding carboxylic acids is 5. The Morgan fingerprint density at radius 3 is 2.16 bits per heavy atom. The fourth-order valence-corrected chi connectivity index (χ4v) is 12.7. The first-order valence-electron chi connectivity index (χ1n) is 21.6. The van der Waals surface area contributed by atoms with Crippen molar-refractivity contribution in [2.45, 2.75) is 116 Å². The van der Waals surface area contributed by atoms with Crippen LogP contribution in [0.25, 0.3) is 10.1 Å². The van der Waals surface area contributed by atoms with Crippen LogP contribution in [-0.2, 0) is 38.5 Å². The Morgan fingerprint density at radius 2 is 1.57 bits per heavy atom. The van der Waals surface area contributed by atoms with Gasteiger partial charge in [-0.3, -0.25) is 33.5 Å². The van der Waals surface area contributed by atoms with Crippen molar-refractivity contribution in [2.24, 2.45) is 16.2 Å². The van der Waals surface area contributed by atoms with E-state index in [4.69, 9.17) is 9.05 Å². The number of nitrogens with one attached hydrogen (secondary N) is 1. The molecule has 3 aromatic rings. The molecule has 4 fully saturated rings. The lowest BCUT2D eigenvalue weighted by molar-refractivity contribution is -0.150. The van der Waals surface area contributed by atoms with Crippen molar-refractivity contribution in [3.63, 3.8) is 0 Å². The van der Waals surface area contributed by atoms with Gasteiger partial charge in [-0.25, -0.2) is 0 Å². The third kappa shape index (κ3) is 10.6. The monoisotopic (exact) mass is 946 g/mol. The van der Waals surface area contributed by atoms with Gasteiger partial charge in [0.15, 0.2) is 10.2 Å². The molecular weight excluding hydrogens is 890 g/mol. The Labute approximate surface area is 380 Å². The SMILES string of the molecule is CC(C)(C)C(=O)SCCOP(=O)(OCCSC(=O)C(C)(C)C)C(F)(F)c1ccc2sc(C(=O)N[C@H]3CCC4(CC4)C[C@H]4CC[C@@H](C(=O)N5CC(c6cccnc6)C5)N4C3=O)cc2c1. The Hall–Kier alpha value is -3.21. The van der Waals surface area contributed by atoms with Gasteiger partial charge in [0.1, 0.15) is 12.1 Å². The highest BCUT2D eigenvalue weighted by atomic mass is 32.2. The quantitative estimate of drug-likeness (QED) is 0.122. The lowest BCUT2D eigenvalue weighted by Crippen LogP contribution is -2.60. The van der Waals surface area contributed by atoms with Crippen molar-refractivity contribution >= 4 is 80.5 Å². The number of rotatable bonds is 14. The van der Waals surface area contributed by atoms with E-state index in [1.54, 1.807) is 52.6 Å². The average molecular weight is 947 g/mol. The summed E-state index contributed by atoms with van der Waals surface area (Å²) in [5.74, 6) is -0.751. The smallest absolute Gasteiger partial charge is 0.340 e. The lowest BCUT2D eigenvalue weighted by atomic mass is 9.86. The molecule has 3 aliphatic heterocycles. The number of alkyl halides is 2. The van der Waals surface area contributed by atoms with Gasteiger partial charge in [-0.2, -0.15) is 8.78 Å². The van der Waals surface area contributed by atoms with Crippen LogP contribution in [0.1, 0.15) is 113 Å². The topological polar surface area (TPSA) is 152 Å². The number of hydrogen-bond acceptors (Lipinski definition) is 12. The molecule has 3 atom stereocenters. The summed E-state index contributed by atoms with van der Waals surface area (Å²) in [7, 11) is -5.25. The molecule has 0 radical (unpaired) electrons. The molecule has 1 saturated carbocycles. The molecule has 3 amide bonds. The summed E-state index contributed by atoms with van der Waals surface area (Å²) in [6.45, 7) is 10.6. The largest absolute Gasteiger partial charge is 0.404 e. The summed E-state index contributed by atoms with van der Waals surface area (Å²) in [6.07, 6.45) is 8.96. The maximum atomic E-state index is 16.5. The Balaban J connectivity index is 1.05. The number of carbonyl (C=O) groups is 5. The highest BCUT2D eigenvalue weighted by Crippen LogP contribution is 2.67. The average Bonchev–Trinajstić information content (AvgIpc) is 3.64. The fraction of sp³-hybridized carbons (Fsp3) is 0.600. The number of aromatic nitrogens is 1. The molecule has 5 heterocycles. The normalized spacial score (nSPS) is 21.8. The minimum absolute atomic E-state index is 0.0373. The van der Waals surface area contributed by atoms with E-state index < -0.39 is 60.9 Å². The first-order chi connectivity index (χ1) is 29.6. The number of nitrogens with zero attached hydrogens (tertiary/aromatic N) is 3. The van der Waals surface area contributed by atoms with E-state index in [9.17, 15) is 28.5 Å². The number of benzene rings is 1. The van der Waals surface area contributed by atoms with E-state index in [0.29, 0.717) is 30.6 Å². The van der Waals surface area contributed by atoms with Gasteiger partial charge in [-0.05, 0) is 85.6 Å². The number of pyridine rings is 1. The van der Waals surface area contributed by atoms with Gasteiger partial charge >= 0.3 is 13.3 Å². The standard InChI is InChI=1S/C45H57F2N4O8PS3/c1-42(2,3)40(55)61-20-18-58-60(57,59-19-21-62-41(56)43(4,5)6)45(46,47)31-9-12-35-29(22-31)23-36(63-35)37(52)49-33-13-14-44(15-16-44)24-32-10-11-34(51(32)38(33)53)39(54)50-26-30(27-50)28-8-7-17-48-25-28/h7-9,12,17,22-23,25,30,32-34H,10-11,13-16,18-21,24,26-27H2,1-6H3,(H,49,52)/t32-,33+,34+/m1/s1. The molecule has 7 rings (SSSR count). The molecule has 0 unspecified atom stereocenters. The zero-order chi connectivity index (χ0) is 45.5. The number of likely N-dealkylation sites (tertiary alicyclic amines) is 1. The van der Waals surface area contributed by atoms with Crippen molar-refractivity contribution in [1.82, 2.24) is 20.1 Å². The summed E-state index contributed by atoms with van der Waals surface area (Å²) >= 11 is 2.85. The third-order valence-electron chi connectivity index (χ3n) is 12.4. The van der Waals surface area contributed by atoms with Crippen molar-refractivity contribution in [3.8, 4) is 0 Å². The van der Waals surface area contributed by atoms with Gasteiger partial charge in [0.05, 0.1) is 18.1 Å². The Kier molecular flexibility index (Phi) is 14.1. The molecule has 1 spiro atoms. The molecule has 0 bridgehead atoms. The second-order valence-corrected chi connectivity index (χ2v) is 24.6. The Bertz CT molecular complexity index is 2230. The first kappa shape index (κ1) is 47.7. The van der Waals surface area contributed by atoms with Gasteiger partial charge in [-0.1, -0.05) is 77.2 Å². The van der Waals surface area contributed by atoms with Crippen LogP contribution in [0, 0.1) is 16.2 Å². The van der Waals surface area contributed by atoms with Crippen LogP contribution < -0.4 is 5.32 Å². The third-order valence-corrected chi connectivity index (χ3v) is 18.0. The number of thioether (sulfide) groups is 2. The molecule has 1 N–H and O–H groups in total. The molecule has 63 heavy (non-hydrogen) atoms. The van der Waals surface area contributed by atoms with Crippen molar-refractivity contribution in [3.05, 3.63) is 64.8 Å². The van der Waals surface area contributed by atoms with E-state index in [0.717, 1.165) is 84.7 Å². The summed E-state index contributed by atoms with van der Waals surface area (Å²) in [4.78, 5) is 75.2. The van der Waals surface area contributed by atoms with Gasteiger partial charge in [0.2, 0.25) is 11.8 Å². The molecule has 1 aliphatic carbocycles. The van der Waals surface area contributed by atoms with Gasteiger partial charge < -0.3 is 24.2 Å². The van der Waals surface area contributed by atoms with Crippen molar-refractivity contribution in [1.29, 1.82) is 0 Å². The summed E-state index contributed by atoms with van der Waals surface area (Å²) < 4.78 is 58.3. The number of thiophene rings is 1. The van der Waals surface area contributed by atoms with E-state index in [2.05, 4.69) is 10.3 Å². The van der Waals surface area contributed by atoms with Crippen LogP contribution in [0.4, 0.5) is 8.78 Å². The van der Waals surface area contributed by atoms with Crippen molar-refractivity contribution < 1.29 is 46.4 Å². The van der Waals surface area contributed by atoms with E-state index in [1.165, 1.54) is 12.1 Å². The van der Waals surface area contributed by atoms with Crippen LogP contribution in [-0.4, -0.2) is 98.7 Å². The van der Waals surface area contributed by atoms with E-state index >= 15 is 8.78 Å². The molecular formula is C45H57F2N4O8PS3. The molecule has 2 aromatic heterocycles. The molecule has 1 aromatic carbocycles. The number of halogens is 2. The van der Waals surface area contributed by atoms with Gasteiger partial charge in [-0.15, -0.1) is 11.3 Å². The lowest BCUT2D eigenvalue weighted by Gasteiger charge is -2.43. The maximum Gasteiger partial charge on any atom is 0.404 e. The zero-order valence-electron chi connectivity index (χ0n) is 36.7. The van der Waals surface area contributed by atoms with Crippen molar-refractivity contribution in [2.75, 3.05) is 37.8 Å². The number of hydrogen-bond donors (Lipinski definition) is 1. The Morgan fingerprint density at radius 1 is 0.921 bits per heavy atom. The fourth-order valence-electron chi connectivity index (χ4n) is 8.42. The zero-order valence-corrected chi connectivity index (χ0v) is 40.0. The maximum absolute atomic E-state index is 16.5. The molecule has 12 nitrogen and oxygen atoms in total. The van der Waals surface area contributed by atoms with Crippen LogP contribution in [0.3, 0.4) is 0 Å². The minimum Gasteiger partial charge on any atom is -0.340 e. The summed E-state index contributed by atoms with van der Waals surface area (Å²) in [5, 5.41) is 2.88. The van der Waals surface area contributed by atoms with Crippen LogP contribution in [0.5, 0.6) is 0 Å². The summed E-state index contributed by atoms with van der Waals surface area (Å²) in [6, 6.07) is 7.47. The van der Waals surface area contributed by atoms with Gasteiger partial charge in [0, 0.05) is 70.0 Å². The van der Waals surface area contributed by atoms with E-state index in [1.807, 2.05) is 23.2 Å². The number of amides is 3. The second-order valence-electron chi connectivity index (χ2n) is 19.3. The van der Waals surface area contributed by atoms with Crippen LogP contribution >= 0.6 is 42.5 Å². The van der Waals surface area contributed by atoms with Crippen LogP contribution in [0.2, 0.25) is 0 Å². The molecule has 18 heteroatoms. The van der Waals surface area contributed by atoms with Crippen LogP contribution in [0.15, 0.2) is 48.8 Å². The second kappa shape index (κ2) is 18.6. The molecule has 4 aliphatic rings. The highest BCUT2D eigenvalue weighted by molar-refractivity contribution is 8.14.